The van der Waals surface area contributed by atoms with E-state index in [1.54, 1.807) is 5.57 Å². The van der Waals surface area contributed by atoms with Crippen molar-refractivity contribution in [1.82, 2.24) is 5.32 Å². The number of nitrogens with one attached hydrogen (secondary N) is 1. The molecule has 1 aromatic rings. The van der Waals surface area contributed by atoms with Gasteiger partial charge in [-0.15, -0.1) is 0 Å². The van der Waals surface area contributed by atoms with Gasteiger partial charge in [0.1, 0.15) is 0 Å². The number of aryl methyl sites for hydroxylation is 2. The number of hydrogen-bond donors (Lipinski definition) is 3. The smallest absolute Gasteiger partial charge is 0.0611 e. The average Bonchev–Trinajstić information content (AvgIpc) is 3.24. The average molecular weight is 412 g/mol. The topological polar surface area (TPSA) is 52.5 Å². The second-order valence-corrected chi connectivity index (χ2v) is 9.33. The molecule has 0 saturated heterocycles. The molecule has 4 atom stereocenters. The van der Waals surface area contributed by atoms with Crippen LogP contribution in [0.15, 0.2) is 48.1 Å². The standard InChI is InChI=1S/C27H41NO2/c1-21-9-7-12-22(17-21)10-4-5-13-25-26-19-23(18-24(26)20-27(25)30)11-3-2-6-14-28-15-8-16-29/h5,7,9,12-13,17-18,24-30H,2-4,6,8,10-11,14-16,19-20H2,1H3/b13-5+/t24-,25+,26-,27+/m0/s1. The van der Waals surface area contributed by atoms with E-state index in [0.717, 1.165) is 38.8 Å². The van der Waals surface area contributed by atoms with Crippen LogP contribution in [-0.2, 0) is 6.42 Å². The first-order valence-electron chi connectivity index (χ1n) is 12.1. The SMILES string of the molecule is Cc1cccc(CC/C=C/[C@@H]2[C@H]3CC(CCCCCNCCCO)=C[C@H]3C[C@H]2O)c1. The van der Waals surface area contributed by atoms with Crippen LogP contribution in [0.2, 0.25) is 0 Å². The molecule has 1 aromatic carbocycles. The van der Waals surface area contributed by atoms with E-state index in [1.165, 1.54) is 43.2 Å². The maximum atomic E-state index is 10.6. The number of benzene rings is 1. The number of rotatable bonds is 13. The van der Waals surface area contributed by atoms with Gasteiger partial charge < -0.3 is 15.5 Å². The van der Waals surface area contributed by atoms with Gasteiger partial charge in [-0.25, -0.2) is 0 Å². The van der Waals surface area contributed by atoms with Gasteiger partial charge in [-0.2, -0.15) is 0 Å². The van der Waals surface area contributed by atoms with Gasteiger partial charge in [-0.3, -0.25) is 0 Å². The van der Waals surface area contributed by atoms with E-state index in [2.05, 4.69) is 54.7 Å². The maximum absolute atomic E-state index is 10.6. The third-order valence-electron chi connectivity index (χ3n) is 6.85. The first kappa shape index (κ1) is 23.2. The summed E-state index contributed by atoms with van der Waals surface area (Å²) < 4.78 is 0. The van der Waals surface area contributed by atoms with Crippen molar-refractivity contribution in [2.75, 3.05) is 19.7 Å². The first-order valence-corrected chi connectivity index (χ1v) is 12.1. The van der Waals surface area contributed by atoms with E-state index in [1.807, 2.05) is 0 Å². The van der Waals surface area contributed by atoms with Crippen molar-refractivity contribution >= 4 is 0 Å². The molecule has 2 aliphatic rings. The van der Waals surface area contributed by atoms with Gasteiger partial charge in [-0.1, -0.05) is 60.1 Å². The highest BCUT2D eigenvalue weighted by molar-refractivity contribution is 5.23. The number of allylic oxidation sites excluding steroid dienone is 3. The summed E-state index contributed by atoms with van der Waals surface area (Å²) in [6.45, 7) is 4.41. The molecule has 3 rings (SSSR count). The van der Waals surface area contributed by atoms with Gasteiger partial charge >= 0.3 is 0 Å². The fourth-order valence-electron chi connectivity index (χ4n) is 5.27. The van der Waals surface area contributed by atoms with E-state index in [4.69, 9.17) is 5.11 Å². The van der Waals surface area contributed by atoms with Crippen LogP contribution in [0, 0.1) is 24.7 Å². The summed E-state index contributed by atoms with van der Waals surface area (Å²) in [6, 6.07) is 8.76. The van der Waals surface area contributed by atoms with Crippen molar-refractivity contribution < 1.29 is 10.2 Å². The third kappa shape index (κ3) is 7.08. The summed E-state index contributed by atoms with van der Waals surface area (Å²) in [7, 11) is 0. The second kappa shape index (κ2) is 12.4. The predicted octanol–water partition coefficient (Wildman–Crippen LogP) is 4.96. The molecule has 3 nitrogen and oxygen atoms in total. The molecule has 0 spiro atoms. The molecule has 1 fully saturated rings. The molecule has 30 heavy (non-hydrogen) atoms. The third-order valence-corrected chi connectivity index (χ3v) is 6.85. The van der Waals surface area contributed by atoms with Crippen molar-refractivity contribution in [3.63, 3.8) is 0 Å². The van der Waals surface area contributed by atoms with Gasteiger partial charge in [0.2, 0.25) is 0 Å². The van der Waals surface area contributed by atoms with E-state index in [9.17, 15) is 5.11 Å². The zero-order valence-electron chi connectivity index (χ0n) is 18.7. The van der Waals surface area contributed by atoms with E-state index in [0.29, 0.717) is 17.8 Å². The molecule has 1 saturated carbocycles. The number of aliphatic hydroxyl groups excluding tert-OH is 2. The minimum Gasteiger partial charge on any atom is -0.396 e. The molecular formula is C27H41NO2. The fourth-order valence-corrected chi connectivity index (χ4v) is 5.27. The van der Waals surface area contributed by atoms with Crippen molar-refractivity contribution in [1.29, 1.82) is 0 Å². The molecule has 166 valence electrons. The molecule has 0 unspecified atom stereocenters. The lowest BCUT2D eigenvalue weighted by molar-refractivity contribution is 0.141. The van der Waals surface area contributed by atoms with Crippen molar-refractivity contribution in [3.05, 3.63) is 59.2 Å². The first-order chi connectivity index (χ1) is 14.7. The summed E-state index contributed by atoms with van der Waals surface area (Å²) in [5, 5.41) is 22.7. The Kier molecular flexibility index (Phi) is 9.64. The van der Waals surface area contributed by atoms with Gasteiger partial charge in [0.25, 0.3) is 0 Å². The van der Waals surface area contributed by atoms with Crippen LogP contribution in [0.5, 0.6) is 0 Å². The molecule has 3 N–H and O–H groups in total. The number of hydrogen-bond acceptors (Lipinski definition) is 3. The van der Waals surface area contributed by atoms with Gasteiger partial charge in [-0.05, 0) is 88.8 Å². The van der Waals surface area contributed by atoms with Crippen LogP contribution in [0.4, 0.5) is 0 Å². The zero-order chi connectivity index (χ0) is 21.2. The maximum Gasteiger partial charge on any atom is 0.0611 e. The van der Waals surface area contributed by atoms with E-state index < -0.39 is 0 Å². The van der Waals surface area contributed by atoms with Crippen LogP contribution in [0.25, 0.3) is 0 Å². The van der Waals surface area contributed by atoms with Crippen molar-refractivity contribution in [2.45, 2.75) is 70.8 Å². The Balaban J connectivity index is 1.35. The lowest BCUT2D eigenvalue weighted by Crippen LogP contribution is -2.17. The molecule has 0 heterocycles. The van der Waals surface area contributed by atoms with Crippen molar-refractivity contribution in [3.8, 4) is 0 Å². The Bertz CT molecular complexity index is 696. The summed E-state index contributed by atoms with van der Waals surface area (Å²) in [6.07, 6.45) is 17.0. The van der Waals surface area contributed by atoms with Gasteiger partial charge in [0, 0.05) is 12.5 Å². The van der Waals surface area contributed by atoms with Crippen LogP contribution >= 0.6 is 0 Å². The lowest BCUT2D eigenvalue weighted by atomic mass is 9.88. The molecular weight excluding hydrogens is 370 g/mol. The molecule has 0 radical (unpaired) electrons. The largest absolute Gasteiger partial charge is 0.396 e. The molecule has 0 bridgehead atoms. The second-order valence-electron chi connectivity index (χ2n) is 9.33. The Morgan fingerprint density at radius 1 is 1.10 bits per heavy atom. The molecule has 2 aliphatic carbocycles. The monoisotopic (exact) mass is 411 g/mol. The highest BCUT2D eigenvalue weighted by Crippen LogP contribution is 2.48. The molecule has 3 heteroatoms. The highest BCUT2D eigenvalue weighted by Gasteiger charge is 2.42. The summed E-state index contributed by atoms with van der Waals surface area (Å²) in [5.41, 5.74) is 4.36. The number of aliphatic hydroxyl groups is 2. The van der Waals surface area contributed by atoms with Crippen LogP contribution in [0.1, 0.15) is 62.5 Å². The minimum absolute atomic E-state index is 0.169. The van der Waals surface area contributed by atoms with Crippen LogP contribution < -0.4 is 5.32 Å². The summed E-state index contributed by atoms with van der Waals surface area (Å²) in [5.74, 6) is 1.53. The van der Waals surface area contributed by atoms with E-state index in [-0.39, 0.29) is 12.7 Å². The Morgan fingerprint density at radius 3 is 2.80 bits per heavy atom. The van der Waals surface area contributed by atoms with Gasteiger partial charge in [0.15, 0.2) is 0 Å². The predicted molar refractivity (Wildman–Crippen MR) is 125 cm³/mol. The quantitative estimate of drug-likeness (QED) is 0.318. The van der Waals surface area contributed by atoms with E-state index >= 15 is 0 Å². The molecule has 0 aliphatic heterocycles. The Morgan fingerprint density at radius 2 is 1.97 bits per heavy atom. The number of fused-ring (bicyclic) bond motifs is 1. The van der Waals surface area contributed by atoms with Crippen LogP contribution in [0.3, 0.4) is 0 Å². The summed E-state index contributed by atoms with van der Waals surface area (Å²) >= 11 is 0. The lowest BCUT2D eigenvalue weighted by Gasteiger charge is -2.18. The van der Waals surface area contributed by atoms with Gasteiger partial charge in [0.05, 0.1) is 6.10 Å². The molecule has 0 aromatic heterocycles. The fraction of sp³-hybridized carbons (Fsp3) is 0.630. The Hall–Kier alpha value is -1.42. The summed E-state index contributed by atoms with van der Waals surface area (Å²) in [4.78, 5) is 0. The normalized spacial score (nSPS) is 25.8. The zero-order valence-corrected chi connectivity index (χ0v) is 18.7. The minimum atomic E-state index is -0.169. The van der Waals surface area contributed by atoms with Crippen LogP contribution in [-0.4, -0.2) is 36.0 Å². The van der Waals surface area contributed by atoms with Crippen molar-refractivity contribution in [2.24, 2.45) is 17.8 Å². The Labute approximate surface area is 183 Å². The molecule has 0 amide bonds. The highest BCUT2D eigenvalue weighted by atomic mass is 16.3. The number of unbranched alkanes of at least 4 members (excludes halogenated alkanes) is 2.